The van der Waals surface area contributed by atoms with Gasteiger partial charge in [-0.3, -0.25) is 14.4 Å². The fourth-order valence-corrected chi connectivity index (χ4v) is 5.20. The maximum atomic E-state index is 13.4. The van der Waals surface area contributed by atoms with Gasteiger partial charge in [-0.05, 0) is 48.5 Å². The summed E-state index contributed by atoms with van der Waals surface area (Å²) in [6.07, 6.45) is 0. The van der Waals surface area contributed by atoms with Gasteiger partial charge in [-0.1, -0.05) is 41.1 Å². The maximum absolute atomic E-state index is 13.4. The highest BCUT2D eigenvalue weighted by Crippen LogP contribution is 2.29. The summed E-state index contributed by atoms with van der Waals surface area (Å²) in [6.45, 7) is 0. The van der Waals surface area contributed by atoms with E-state index in [4.69, 9.17) is 11.6 Å². The van der Waals surface area contributed by atoms with E-state index < -0.39 is 21.7 Å². The zero-order valence-electron chi connectivity index (χ0n) is 16.0. The molecule has 0 saturated carbocycles. The number of benzene rings is 3. The number of nitrogens with zero attached hydrogens (tertiary/aromatic N) is 2. The van der Waals surface area contributed by atoms with E-state index in [1.807, 2.05) is 0 Å². The number of carbonyl (C=O) groups excluding carboxylic acids is 1. The highest BCUT2D eigenvalue weighted by molar-refractivity contribution is 7.92. The Labute approximate surface area is 187 Å². The van der Waals surface area contributed by atoms with Crippen LogP contribution >= 0.6 is 22.9 Å². The highest BCUT2D eigenvalue weighted by atomic mass is 35.5. The molecule has 4 aromatic rings. The number of halogens is 2. The van der Waals surface area contributed by atoms with Crippen LogP contribution in [0.5, 0.6) is 0 Å². The van der Waals surface area contributed by atoms with Crippen molar-refractivity contribution < 1.29 is 17.6 Å². The number of nitrogens with one attached hydrogen (secondary N) is 1. The Morgan fingerprint density at radius 2 is 1.84 bits per heavy atom. The van der Waals surface area contributed by atoms with Gasteiger partial charge in [0.1, 0.15) is 5.82 Å². The molecule has 0 fully saturated rings. The monoisotopic (exact) mass is 475 g/mol. The van der Waals surface area contributed by atoms with Crippen molar-refractivity contribution in [1.29, 1.82) is 0 Å². The molecule has 1 heterocycles. The first-order valence-electron chi connectivity index (χ1n) is 8.97. The summed E-state index contributed by atoms with van der Waals surface area (Å²) in [7, 11) is -2.49. The summed E-state index contributed by atoms with van der Waals surface area (Å²) < 4.78 is 41.1. The lowest BCUT2D eigenvalue weighted by molar-refractivity contribution is 0.102. The van der Waals surface area contributed by atoms with Crippen molar-refractivity contribution in [3.05, 3.63) is 83.1 Å². The largest absolute Gasteiger partial charge is 0.298 e. The van der Waals surface area contributed by atoms with Crippen molar-refractivity contribution in [2.45, 2.75) is 4.90 Å². The van der Waals surface area contributed by atoms with Crippen LogP contribution in [0, 0.1) is 5.82 Å². The number of rotatable bonds is 5. The SMILES string of the molecule is CN(c1ccccc1)S(=O)(=O)c1ccc(Cl)c(C(=O)Nc2nc3ccc(F)cc3s2)c1. The third kappa shape index (κ3) is 4.25. The van der Waals surface area contributed by atoms with Gasteiger partial charge in [0.15, 0.2) is 5.13 Å². The molecule has 1 aromatic heterocycles. The predicted octanol–water partition coefficient (Wildman–Crippen LogP) is 5.17. The third-order valence-corrected chi connectivity index (χ3v) is 7.58. The predicted molar refractivity (Wildman–Crippen MR) is 121 cm³/mol. The average Bonchev–Trinajstić information content (AvgIpc) is 3.15. The number of carbonyl (C=O) groups is 1. The van der Waals surface area contributed by atoms with Gasteiger partial charge in [0.05, 0.1) is 31.4 Å². The number of amides is 1. The molecule has 3 aromatic carbocycles. The van der Waals surface area contributed by atoms with Gasteiger partial charge in [0.25, 0.3) is 15.9 Å². The molecule has 0 atom stereocenters. The van der Waals surface area contributed by atoms with E-state index >= 15 is 0 Å². The molecule has 10 heteroatoms. The zero-order valence-corrected chi connectivity index (χ0v) is 18.4. The van der Waals surface area contributed by atoms with Crippen LogP contribution < -0.4 is 9.62 Å². The molecule has 0 spiro atoms. The van der Waals surface area contributed by atoms with Crippen molar-refractivity contribution in [3.63, 3.8) is 0 Å². The number of fused-ring (bicyclic) bond motifs is 1. The Morgan fingerprint density at radius 3 is 2.58 bits per heavy atom. The van der Waals surface area contributed by atoms with E-state index in [0.29, 0.717) is 15.9 Å². The Morgan fingerprint density at radius 1 is 1.10 bits per heavy atom. The van der Waals surface area contributed by atoms with Gasteiger partial charge in [-0.25, -0.2) is 17.8 Å². The molecule has 158 valence electrons. The summed E-state index contributed by atoms with van der Waals surface area (Å²) in [5, 5.41) is 2.94. The van der Waals surface area contributed by atoms with Crippen LogP contribution in [0.4, 0.5) is 15.2 Å². The Bertz CT molecular complexity index is 1390. The first kappa shape index (κ1) is 21.2. The first-order valence-corrected chi connectivity index (χ1v) is 11.6. The number of para-hydroxylation sites is 1. The number of aromatic nitrogens is 1. The van der Waals surface area contributed by atoms with Gasteiger partial charge < -0.3 is 0 Å². The molecule has 6 nitrogen and oxygen atoms in total. The van der Waals surface area contributed by atoms with Crippen LogP contribution in [-0.2, 0) is 10.0 Å². The fourth-order valence-electron chi connectivity index (χ4n) is 2.89. The maximum Gasteiger partial charge on any atom is 0.264 e. The molecule has 1 amide bonds. The molecule has 4 rings (SSSR count). The molecular formula is C21H15ClFN3O3S2. The van der Waals surface area contributed by atoms with Crippen LogP contribution in [0.2, 0.25) is 5.02 Å². The van der Waals surface area contributed by atoms with Crippen LogP contribution in [0.15, 0.2) is 71.6 Å². The van der Waals surface area contributed by atoms with Gasteiger partial charge in [-0.2, -0.15) is 0 Å². The van der Waals surface area contributed by atoms with E-state index in [1.165, 1.54) is 43.4 Å². The lowest BCUT2D eigenvalue weighted by Gasteiger charge is -2.20. The van der Waals surface area contributed by atoms with Crippen molar-refractivity contribution in [3.8, 4) is 0 Å². The molecule has 0 aliphatic rings. The molecule has 0 bridgehead atoms. The zero-order chi connectivity index (χ0) is 22.2. The lowest BCUT2D eigenvalue weighted by Crippen LogP contribution is -2.27. The van der Waals surface area contributed by atoms with Gasteiger partial charge in [0.2, 0.25) is 0 Å². The van der Waals surface area contributed by atoms with Gasteiger partial charge in [-0.15, -0.1) is 0 Å². The summed E-state index contributed by atoms with van der Waals surface area (Å²) in [4.78, 5) is 16.9. The smallest absolute Gasteiger partial charge is 0.264 e. The Balaban J connectivity index is 1.64. The number of anilines is 2. The molecule has 0 aliphatic carbocycles. The molecule has 0 radical (unpaired) electrons. The Kier molecular flexibility index (Phi) is 5.65. The van der Waals surface area contributed by atoms with Gasteiger partial charge in [0, 0.05) is 7.05 Å². The molecule has 1 N–H and O–H groups in total. The summed E-state index contributed by atoms with van der Waals surface area (Å²) in [5.41, 5.74) is 0.994. The molecular weight excluding hydrogens is 461 g/mol. The number of hydrogen-bond donors (Lipinski definition) is 1. The summed E-state index contributed by atoms with van der Waals surface area (Å²) in [5.74, 6) is -1.03. The normalized spacial score (nSPS) is 11.5. The minimum atomic E-state index is -3.92. The van der Waals surface area contributed by atoms with Crippen molar-refractivity contribution in [2.75, 3.05) is 16.7 Å². The van der Waals surface area contributed by atoms with Crippen LogP contribution in [-0.4, -0.2) is 26.4 Å². The molecule has 0 saturated heterocycles. The second-order valence-corrected chi connectivity index (χ2v) is 9.94. The van der Waals surface area contributed by atoms with Crippen molar-refractivity contribution in [2.24, 2.45) is 0 Å². The molecule has 0 aliphatic heterocycles. The lowest BCUT2D eigenvalue weighted by atomic mass is 10.2. The minimum absolute atomic E-state index is 0.0189. The Hall–Kier alpha value is -3.01. The molecule has 0 unspecified atom stereocenters. The van der Waals surface area contributed by atoms with E-state index in [9.17, 15) is 17.6 Å². The van der Waals surface area contributed by atoms with Crippen LogP contribution in [0.1, 0.15) is 10.4 Å². The number of thiazole rings is 1. The number of sulfonamides is 1. The standard InChI is InChI=1S/C21H15ClFN3O3S2/c1-26(14-5-3-2-4-6-14)31(28,29)15-8-9-17(22)16(12-15)20(27)25-21-24-18-10-7-13(23)11-19(18)30-21/h2-12H,1H3,(H,24,25,27). The van der Waals surface area contributed by atoms with Crippen molar-refractivity contribution in [1.82, 2.24) is 4.98 Å². The van der Waals surface area contributed by atoms with Crippen LogP contribution in [0.25, 0.3) is 10.2 Å². The fraction of sp³-hybridized carbons (Fsp3) is 0.0476. The van der Waals surface area contributed by atoms with Gasteiger partial charge >= 0.3 is 0 Å². The first-order chi connectivity index (χ1) is 14.8. The highest BCUT2D eigenvalue weighted by Gasteiger charge is 2.24. The molecule has 31 heavy (non-hydrogen) atoms. The summed E-state index contributed by atoms with van der Waals surface area (Å²) >= 11 is 7.27. The average molecular weight is 476 g/mol. The van der Waals surface area contributed by atoms with E-state index in [0.717, 1.165) is 15.6 Å². The van der Waals surface area contributed by atoms with Crippen LogP contribution in [0.3, 0.4) is 0 Å². The second kappa shape index (κ2) is 8.26. The summed E-state index contributed by atoms with van der Waals surface area (Å²) in [6, 6.07) is 16.6. The van der Waals surface area contributed by atoms with E-state index in [2.05, 4.69) is 10.3 Å². The van der Waals surface area contributed by atoms with Crippen molar-refractivity contribution >= 4 is 59.9 Å². The number of hydrogen-bond acceptors (Lipinski definition) is 5. The quantitative estimate of drug-likeness (QED) is 0.432. The second-order valence-electron chi connectivity index (χ2n) is 6.53. The van der Waals surface area contributed by atoms with E-state index in [-0.39, 0.29) is 20.6 Å². The third-order valence-electron chi connectivity index (χ3n) is 4.53. The van der Waals surface area contributed by atoms with E-state index in [1.54, 1.807) is 30.3 Å². The topological polar surface area (TPSA) is 79.4 Å². The minimum Gasteiger partial charge on any atom is -0.298 e.